The molecule has 2 heterocycles. The van der Waals surface area contributed by atoms with Crippen molar-refractivity contribution in [3.63, 3.8) is 0 Å². The first-order valence-electron chi connectivity index (χ1n) is 7.45. The molecule has 0 aliphatic rings. The molecule has 132 valence electrons. The van der Waals surface area contributed by atoms with Gasteiger partial charge in [0.1, 0.15) is 23.9 Å². The number of carbonyl (C=O) groups excluding carboxylic acids is 1. The number of nitro benzene ring substituents is 1. The molecule has 0 unspecified atom stereocenters. The van der Waals surface area contributed by atoms with Crippen molar-refractivity contribution >= 4 is 40.5 Å². The molecule has 0 spiro atoms. The molecule has 0 saturated heterocycles. The Morgan fingerprint density at radius 2 is 1.96 bits per heavy atom. The zero-order chi connectivity index (χ0) is 18.5. The van der Waals surface area contributed by atoms with E-state index in [1.54, 1.807) is 30.3 Å². The van der Waals surface area contributed by atoms with E-state index in [1.807, 2.05) is 0 Å². The van der Waals surface area contributed by atoms with Gasteiger partial charge in [-0.1, -0.05) is 11.6 Å². The van der Waals surface area contributed by atoms with Gasteiger partial charge in [0.05, 0.1) is 14.1 Å². The van der Waals surface area contributed by atoms with Crippen LogP contribution in [-0.2, 0) is 6.61 Å². The third-order valence-electron chi connectivity index (χ3n) is 3.33. The normalized spacial score (nSPS) is 11.0. The van der Waals surface area contributed by atoms with Crippen LogP contribution in [0.4, 0.5) is 5.69 Å². The molecule has 0 atom stereocenters. The minimum absolute atomic E-state index is 0.000493. The van der Waals surface area contributed by atoms with Crippen molar-refractivity contribution in [1.29, 1.82) is 0 Å². The third kappa shape index (κ3) is 4.59. The summed E-state index contributed by atoms with van der Waals surface area (Å²) in [6.45, 7) is 0.167. The Labute approximate surface area is 157 Å². The van der Waals surface area contributed by atoms with E-state index in [1.165, 1.54) is 41.7 Å². The standard InChI is InChI=1S/C18H12ClNO5S/c19-18-10-9-17(26-18)16(21)8-7-14-5-6-15(25-14)11-24-13-3-1-12(2-4-13)20(22)23/h1-10H,11H2/b8-7+. The number of nitrogens with zero attached hydrogens (tertiary/aromatic N) is 1. The van der Waals surface area contributed by atoms with E-state index in [9.17, 15) is 14.9 Å². The predicted octanol–water partition coefficient (Wildman–Crippen LogP) is 5.38. The quantitative estimate of drug-likeness (QED) is 0.234. The lowest BCUT2D eigenvalue weighted by atomic mass is 10.3. The molecule has 0 N–H and O–H groups in total. The van der Waals surface area contributed by atoms with Crippen LogP contribution < -0.4 is 4.74 Å². The molecular formula is C18H12ClNO5S. The molecule has 3 aromatic rings. The summed E-state index contributed by atoms with van der Waals surface area (Å²) in [7, 11) is 0. The number of non-ortho nitro benzene ring substituents is 1. The van der Waals surface area contributed by atoms with Gasteiger partial charge in [0.25, 0.3) is 5.69 Å². The molecular weight excluding hydrogens is 378 g/mol. The highest BCUT2D eigenvalue weighted by Crippen LogP contribution is 2.23. The zero-order valence-electron chi connectivity index (χ0n) is 13.3. The van der Waals surface area contributed by atoms with E-state index in [4.69, 9.17) is 20.8 Å². The van der Waals surface area contributed by atoms with Crippen molar-refractivity contribution in [2.75, 3.05) is 0 Å². The second kappa shape index (κ2) is 7.99. The maximum atomic E-state index is 12.0. The Morgan fingerprint density at radius 3 is 2.62 bits per heavy atom. The smallest absolute Gasteiger partial charge is 0.269 e. The Balaban J connectivity index is 1.56. The van der Waals surface area contributed by atoms with E-state index in [0.29, 0.717) is 26.5 Å². The van der Waals surface area contributed by atoms with Gasteiger partial charge in [0, 0.05) is 12.1 Å². The maximum Gasteiger partial charge on any atom is 0.269 e. The average Bonchev–Trinajstić information content (AvgIpc) is 3.27. The molecule has 0 aliphatic carbocycles. The van der Waals surface area contributed by atoms with Crippen LogP contribution >= 0.6 is 22.9 Å². The molecule has 0 aliphatic heterocycles. The first kappa shape index (κ1) is 17.9. The lowest BCUT2D eigenvalue weighted by Crippen LogP contribution is -1.94. The fraction of sp³-hybridized carbons (Fsp3) is 0.0556. The molecule has 0 radical (unpaired) electrons. The number of ketones is 1. The summed E-state index contributed by atoms with van der Waals surface area (Å²) >= 11 is 7.03. The van der Waals surface area contributed by atoms with Crippen LogP contribution in [0.5, 0.6) is 5.75 Å². The summed E-state index contributed by atoms with van der Waals surface area (Å²) in [5.41, 5.74) is -0.000493. The van der Waals surface area contributed by atoms with Gasteiger partial charge in [0.2, 0.25) is 0 Å². The summed E-state index contributed by atoms with van der Waals surface area (Å²) in [6, 6.07) is 12.6. The Kier molecular flexibility index (Phi) is 5.50. The van der Waals surface area contributed by atoms with Gasteiger partial charge in [-0.15, -0.1) is 11.3 Å². The summed E-state index contributed by atoms with van der Waals surface area (Å²) in [4.78, 5) is 22.7. The molecule has 0 bridgehead atoms. The number of halogens is 1. The minimum Gasteiger partial charge on any atom is -0.486 e. The van der Waals surface area contributed by atoms with Gasteiger partial charge in [-0.3, -0.25) is 14.9 Å². The van der Waals surface area contributed by atoms with E-state index in [2.05, 4.69) is 0 Å². The van der Waals surface area contributed by atoms with Gasteiger partial charge >= 0.3 is 0 Å². The Morgan fingerprint density at radius 1 is 1.19 bits per heavy atom. The molecule has 0 amide bonds. The molecule has 3 rings (SSSR count). The number of carbonyl (C=O) groups is 1. The number of allylic oxidation sites excluding steroid dienone is 1. The van der Waals surface area contributed by atoms with Crippen LogP contribution in [0.3, 0.4) is 0 Å². The van der Waals surface area contributed by atoms with Crippen molar-refractivity contribution in [1.82, 2.24) is 0 Å². The van der Waals surface area contributed by atoms with Crippen LogP contribution in [0.1, 0.15) is 21.2 Å². The Bertz CT molecular complexity index is 958. The van der Waals surface area contributed by atoms with Crippen molar-refractivity contribution < 1.29 is 18.9 Å². The van der Waals surface area contributed by atoms with Gasteiger partial charge < -0.3 is 9.15 Å². The van der Waals surface area contributed by atoms with Crippen LogP contribution in [0.25, 0.3) is 6.08 Å². The lowest BCUT2D eigenvalue weighted by Gasteiger charge is -2.03. The van der Waals surface area contributed by atoms with Crippen molar-refractivity contribution in [2.24, 2.45) is 0 Å². The minimum atomic E-state index is -0.472. The first-order valence-corrected chi connectivity index (χ1v) is 8.64. The topological polar surface area (TPSA) is 82.6 Å². The number of rotatable bonds is 7. The maximum absolute atomic E-state index is 12.0. The van der Waals surface area contributed by atoms with Crippen molar-refractivity contribution in [3.05, 3.63) is 85.5 Å². The number of hydrogen-bond acceptors (Lipinski definition) is 6. The largest absolute Gasteiger partial charge is 0.486 e. The van der Waals surface area contributed by atoms with E-state index in [-0.39, 0.29) is 18.1 Å². The average molecular weight is 390 g/mol. The first-order chi connectivity index (χ1) is 12.5. The molecule has 8 heteroatoms. The fourth-order valence-corrected chi connectivity index (χ4v) is 3.03. The van der Waals surface area contributed by atoms with Gasteiger partial charge in [-0.2, -0.15) is 0 Å². The molecule has 6 nitrogen and oxygen atoms in total. The van der Waals surface area contributed by atoms with Gasteiger partial charge in [0.15, 0.2) is 5.78 Å². The molecule has 1 aromatic carbocycles. The van der Waals surface area contributed by atoms with Crippen LogP contribution in [0.15, 0.2) is 59.0 Å². The van der Waals surface area contributed by atoms with E-state index in [0.717, 1.165) is 0 Å². The lowest BCUT2D eigenvalue weighted by molar-refractivity contribution is -0.384. The number of thiophene rings is 1. The monoisotopic (exact) mass is 389 g/mol. The summed E-state index contributed by atoms with van der Waals surface area (Å²) in [6.07, 6.45) is 2.99. The number of nitro groups is 1. The number of furan rings is 1. The zero-order valence-corrected chi connectivity index (χ0v) is 14.8. The number of hydrogen-bond donors (Lipinski definition) is 0. The second-order valence-electron chi connectivity index (χ2n) is 5.15. The highest BCUT2D eigenvalue weighted by Gasteiger charge is 2.07. The van der Waals surface area contributed by atoms with Gasteiger partial charge in [-0.25, -0.2) is 0 Å². The summed E-state index contributed by atoms with van der Waals surface area (Å²) in [5, 5.41) is 10.6. The van der Waals surface area contributed by atoms with Crippen LogP contribution in [-0.4, -0.2) is 10.7 Å². The SMILES string of the molecule is O=C(/C=C/c1ccc(COc2ccc([N+](=O)[O-])cc2)o1)c1ccc(Cl)s1. The third-order valence-corrected chi connectivity index (χ3v) is 4.57. The van der Waals surface area contributed by atoms with Gasteiger partial charge in [-0.05, 0) is 48.6 Å². The van der Waals surface area contributed by atoms with E-state index < -0.39 is 4.92 Å². The molecule has 2 aromatic heterocycles. The van der Waals surface area contributed by atoms with E-state index >= 15 is 0 Å². The molecule has 0 saturated carbocycles. The highest BCUT2D eigenvalue weighted by molar-refractivity contribution is 7.18. The molecule has 0 fully saturated rings. The summed E-state index contributed by atoms with van der Waals surface area (Å²) < 4.78 is 11.6. The van der Waals surface area contributed by atoms with Crippen molar-refractivity contribution in [2.45, 2.75) is 6.61 Å². The number of ether oxygens (including phenoxy) is 1. The molecule has 26 heavy (non-hydrogen) atoms. The highest BCUT2D eigenvalue weighted by atomic mass is 35.5. The summed E-state index contributed by atoms with van der Waals surface area (Å²) in [5.74, 6) is 1.42. The van der Waals surface area contributed by atoms with Crippen molar-refractivity contribution in [3.8, 4) is 5.75 Å². The predicted molar refractivity (Wildman–Crippen MR) is 98.8 cm³/mol. The van der Waals surface area contributed by atoms with Crippen LogP contribution in [0, 0.1) is 10.1 Å². The fourth-order valence-electron chi connectivity index (χ4n) is 2.07. The van der Waals surface area contributed by atoms with Crippen LogP contribution in [0.2, 0.25) is 4.34 Å². The second-order valence-corrected chi connectivity index (χ2v) is 6.86. The number of benzene rings is 1. The Hall–Kier alpha value is -2.90.